The molecule has 1 saturated heterocycles. The highest BCUT2D eigenvalue weighted by Crippen LogP contribution is 2.18. The summed E-state index contributed by atoms with van der Waals surface area (Å²) in [5, 5.41) is 12.0. The number of nitrogens with one attached hydrogen (secondary N) is 1. The highest BCUT2D eigenvalue weighted by molar-refractivity contribution is 9.10. The number of halogens is 1. The number of unbranched alkanes of at least 4 members (excludes halogenated alkanes) is 1. The summed E-state index contributed by atoms with van der Waals surface area (Å²) in [6, 6.07) is 17.4. The quantitative estimate of drug-likeness (QED) is 0.667. The van der Waals surface area contributed by atoms with Crippen LogP contribution in [0.5, 0.6) is 0 Å². The molecule has 0 atom stereocenters. The van der Waals surface area contributed by atoms with E-state index in [1.807, 2.05) is 42.5 Å². The summed E-state index contributed by atoms with van der Waals surface area (Å²) >= 11 is 3.38. The Kier molecular flexibility index (Phi) is 7.46. The SMILES string of the molecule is N#Cc1cccc(N2CCN(CCCCNC(=O)c3ccc(Br)cc3)CC2)c1. The first-order chi connectivity index (χ1) is 13.7. The van der Waals surface area contributed by atoms with Crippen LogP contribution in [0.25, 0.3) is 0 Å². The maximum atomic E-state index is 12.1. The van der Waals surface area contributed by atoms with Crippen molar-refractivity contribution in [3.05, 3.63) is 64.1 Å². The lowest BCUT2D eigenvalue weighted by molar-refractivity contribution is 0.0952. The smallest absolute Gasteiger partial charge is 0.251 e. The molecular formula is C22H25BrN4O. The van der Waals surface area contributed by atoms with Crippen molar-refractivity contribution in [1.29, 1.82) is 5.26 Å². The third-order valence-electron chi connectivity index (χ3n) is 5.01. The number of benzene rings is 2. The Morgan fingerprint density at radius 2 is 1.82 bits per heavy atom. The second-order valence-corrected chi connectivity index (χ2v) is 7.88. The number of nitriles is 1. The van der Waals surface area contributed by atoms with Gasteiger partial charge in [-0.25, -0.2) is 0 Å². The lowest BCUT2D eigenvalue weighted by atomic mass is 10.2. The molecule has 28 heavy (non-hydrogen) atoms. The van der Waals surface area contributed by atoms with Gasteiger partial charge in [-0.2, -0.15) is 5.26 Å². The first kappa shape index (κ1) is 20.4. The van der Waals surface area contributed by atoms with E-state index in [4.69, 9.17) is 5.26 Å². The predicted octanol–water partition coefficient (Wildman–Crippen LogP) is 3.65. The van der Waals surface area contributed by atoms with Crippen molar-refractivity contribution in [2.24, 2.45) is 0 Å². The van der Waals surface area contributed by atoms with E-state index in [1.165, 1.54) is 0 Å². The first-order valence-electron chi connectivity index (χ1n) is 9.67. The molecule has 2 aromatic rings. The number of carbonyl (C=O) groups excluding carboxylic acids is 1. The Labute approximate surface area is 175 Å². The van der Waals surface area contributed by atoms with Gasteiger partial charge in [-0.3, -0.25) is 9.69 Å². The third kappa shape index (κ3) is 5.82. The maximum Gasteiger partial charge on any atom is 0.251 e. The Morgan fingerprint density at radius 3 is 2.54 bits per heavy atom. The van der Waals surface area contributed by atoms with E-state index in [9.17, 15) is 4.79 Å². The number of hydrogen-bond donors (Lipinski definition) is 1. The van der Waals surface area contributed by atoms with Crippen molar-refractivity contribution in [1.82, 2.24) is 10.2 Å². The second-order valence-electron chi connectivity index (χ2n) is 6.96. The van der Waals surface area contributed by atoms with Crippen LogP contribution in [0, 0.1) is 11.3 Å². The average molecular weight is 441 g/mol. The fraction of sp³-hybridized carbons (Fsp3) is 0.364. The fourth-order valence-corrected chi connectivity index (χ4v) is 3.63. The number of anilines is 1. The molecule has 0 unspecified atom stereocenters. The van der Waals surface area contributed by atoms with Gasteiger partial charge in [0, 0.05) is 48.4 Å². The van der Waals surface area contributed by atoms with Gasteiger partial charge in [0.15, 0.2) is 0 Å². The Hall–Kier alpha value is -2.36. The third-order valence-corrected chi connectivity index (χ3v) is 5.53. The number of hydrogen-bond acceptors (Lipinski definition) is 4. The predicted molar refractivity (Wildman–Crippen MR) is 116 cm³/mol. The molecule has 1 amide bonds. The molecule has 1 heterocycles. The lowest BCUT2D eigenvalue weighted by Gasteiger charge is -2.36. The molecule has 0 aliphatic carbocycles. The number of nitrogens with zero attached hydrogens (tertiary/aromatic N) is 3. The summed E-state index contributed by atoms with van der Waals surface area (Å²) in [6.07, 6.45) is 2.05. The molecule has 2 aromatic carbocycles. The summed E-state index contributed by atoms with van der Waals surface area (Å²) in [4.78, 5) is 16.9. The Morgan fingerprint density at radius 1 is 1.07 bits per heavy atom. The summed E-state index contributed by atoms with van der Waals surface area (Å²) in [6.45, 7) is 5.78. The molecule has 146 valence electrons. The summed E-state index contributed by atoms with van der Waals surface area (Å²) in [5.74, 6) is -0.0132. The average Bonchev–Trinajstić information content (AvgIpc) is 2.74. The van der Waals surface area contributed by atoms with Crippen molar-refractivity contribution in [3.63, 3.8) is 0 Å². The van der Waals surface area contributed by atoms with E-state index in [2.05, 4.69) is 43.2 Å². The van der Waals surface area contributed by atoms with Gasteiger partial charge in [-0.05, 0) is 61.9 Å². The molecule has 1 aliphatic rings. The zero-order valence-corrected chi connectivity index (χ0v) is 17.5. The number of amides is 1. The molecule has 0 spiro atoms. The Balaban J connectivity index is 1.32. The van der Waals surface area contributed by atoms with Crippen LogP contribution >= 0.6 is 15.9 Å². The molecule has 0 bridgehead atoms. The second kappa shape index (κ2) is 10.3. The minimum Gasteiger partial charge on any atom is -0.369 e. The van der Waals surface area contributed by atoms with Crippen molar-refractivity contribution in [3.8, 4) is 6.07 Å². The van der Waals surface area contributed by atoms with Crippen LogP contribution in [0.15, 0.2) is 53.0 Å². The van der Waals surface area contributed by atoms with E-state index < -0.39 is 0 Å². The normalized spacial score (nSPS) is 14.5. The standard InChI is InChI=1S/C22H25BrN4O/c23-20-8-6-19(7-9-20)22(28)25-10-1-2-11-26-12-14-27(15-13-26)21-5-3-4-18(16-21)17-24/h3-9,16H,1-2,10-15H2,(H,25,28). The molecule has 6 heteroatoms. The molecule has 3 rings (SSSR count). The monoisotopic (exact) mass is 440 g/mol. The molecule has 0 radical (unpaired) electrons. The van der Waals surface area contributed by atoms with Crippen LogP contribution < -0.4 is 10.2 Å². The zero-order valence-electron chi connectivity index (χ0n) is 15.9. The molecule has 1 aliphatic heterocycles. The molecule has 5 nitrogen and oxygen atoms in total. The minimum atomic E-state index is -0.0132. The molecule has 0 aromatic heterocycles. The Bertz CT molecular complexity index is 823. The zero-order chi connectivity index (χ0) is 19.8. The highest BCUT2D eigenvalue weighted by atomic mass is 79.9. The summed E-state index contributed by atoms with van der Waals surface area (Å²) in [5.41, 5.74) is 2.54. The van der Waals surface area contributed by atoms with E-state index >= 15 is 0 Å². The fourth-order valence-electron chi connectivity index (χ4n) is 3.37. The summed E-state index contributed by atoms with van der Waals surface area (Å²) in [7, 11) is 0. The number of rotatable bonds is 7. The van der Waals surface area contributed by atoms with Gasteiger partial charge >= 0.3 is 0 Å². The topological polar surface area (TPSA) is 59.4 Å². The molecular weight excluding hydrogens is 416 g/mol. The van der Waals surface area contributed by atoms with E-state index in [1.54, 1.807) is 0 Å². The van der Waals surface area contributed by atoms with Crippen LogP contribution in [0.4, 0.5) is 5.69 Å². The van der Waals surface area contributed by atoms with Crippen LogP contribution in [-0.4, -0.2) is 50.1 Å². The lowest BCUT2D eigenvalue weighted by Crippen LogP contribution is -2.46. The van der Waals surface area contributed by atoms with Crippen LogP contribution in [0.2, 0.25) is 0 Å². The van der Waals surface area contributed by atoms with Gasteiger partial charge < -0.3 is 10.2 Å². The van der Waals surface area contributed by atoms with Crippen molar-refractivity contribution in [2.75, 3.05) is 44.2 Å². The number of piperazine rings is 1. The molecule has 0 saturated carbocycles. The van der Waals surface area contributed by atoms with E-state index in [-0.39, 0.29) is 5.91 Å². The maximum absolute atomic E-state index is 12.1. The molecule has 1 N–H and O–H groups in total. The van der Waals surface area contributed by atoms with Gasteiger partial charge in [0.1, 0.15) is 0 Å². The van der Waals surface area contributed by atoms with Crippen LogP contribution in [0.1, 0.15) is 28.8 Å². The summed E-state index contributed by atoms with van der Waals surface area (Å²) < 4.78 is 0.974. The first-order valence-corrected chi connectivity index (χ1v) is 10.5. The van der Waals surface area contributed by atoms with Gasteiger partial charge in [0.25, 0.3) is 5.91 Å². The van der Waals surface area contributed by atoms with E-state index in [0.29, 0.717) is 17.7 Å². The van der Waals surface area contributed by atoms with Gasteiger partial charge in [-0.1, -0.05) is 22.0 Å². The van der Waals surface area contributed by atoms with Crippen LogP contribution in [-0.2, 0) is 0 Å². The molecule has 1 fully saturated rings. The number of carbonyl (C=O) groups is 1. The van der Waals surface area contributed by atoms with Gasteiger partial charge in [0.2, 0.25) is 0 Å². The minimum absolute atomic E-state index is 0.0132. The van der Waals surface area contributed by atoms with Gasteiger partial charge in [-0.15, -0.1) is 0 Å². The van der Waals surface area contributed by atoms with Crippen molar-refractivity contribution < 1.29 is 4.79 Å². The largest absolute Gasteiger partial charge is 0.369 e. The highest BCUT2D eigenvalue weighted by Gasteiger charge is 2.17. The van der Waals surface area contributed by atoms with Crippen molar-refractivity contribution in [2.45, 2.75) is 12.8 Å². The van der Waals surface area contributed by atoms with Crippen LogP contribution in [0.3, 0.4) is 0 Å². The van der Waals surface area contributed by atoms with Gasteiger partial charge in [0.05, 0.1) is 11.6 Å². The van der Waals surface area contributed by atoms with Crippen molar-refractivity contribution >= 4 is 27.5 Å². The van der Waals surface area contributed by atoms with E-state index in [0.717, 1.165) is 55.7 Å².